The number of thiazole rings is 1. The Hall–Kier alpha value is -4.37. The summed E-state index contributed by atoms with van der Waals surface area (Å²) >= 11 is 1.32. The van der Waals surface area contributed by atoms with Crippen molar-refractivity contribution in [2.24, 2.45) is 0 Å². The second kappa shape index (κ2) is 9.83. The minimum atomic E-state index is -0.945. The molecule has 8 nitrogen and oxygen atoms in total. The minimum Gasteiger partial charge on any atom is -0.507 e. The van der Waals surface area contributed by atoms with Gasteiger partial charge >= 0.3 is 5.91 Å². The molecule has 1 fully saturated rings. The number of anilines is 1. The number of hydrogen-bond acceptors (Lipinski definition) is 8. The Balaban J connectivity index is 1.75. The van der Waals surface area contributed by atoms with E-state index in [4.69, 9.17) is 19.2 Å². The Morgan fingerprint density at radius 2 is 1.63 bits per heavy atom. The van der Waals surface area contributed by atoms with Crippen LogP contribution in [0, 0.1) is 13.8 Å². The second-order valence-corrected chi connectivity index (χ2v) is 9.95. The summed E-state index contributed by atoms with van der Waals surface area (Å²) in [4.78, 5) is 33.2. The minimum absolute atomic E-state index is 0.0421. The number of Topliss-reactive ketones (excluding diaryl/α,β-unsaturated/α-hetero) is 1. The topological polar surface area (TPSA) is 98.2 Å². The smallest absolute Gasteiger partial charge is 0.301 e. The monoisotopic (exact) mass is 530 g/mol. The molecule has 0 radical (unpaired) electrons. The Morgan fingerprint density at radius 1 is 0.921 bits per heavy atom. The molecule has 0 spiro atoms. The maximum Gasteiger partial charge on any atom is 0.301 e. The Labute approximate surface area is 223 Å². The zero-order valence-corrected chi connectivity index (χ0v) is 22.4. The second-order valence-electron chi connectivity index (χ2n) is 8.94. The number of carbonyl (C=O) groups excluding carboxylic acids is 2. The number of aromatic nitrogens is 1. The molecule has 3 aromatic carbocycles. The number of benzene rings is 3. The van der Waals surface area contributed by atoms with E-state index in [1.54, 1.807) is 49.6 Å². The van der Waals surface area contributed by atoms with Crippen LogP contribution in [0.3, 0.4) is 0 Å². The molecule has 194 valence electrons. The SMILES string of the molecule is COc1ccc(C(O)=C2C(=O)C(=O)N(c3nc4c(C)cc(C)cc4s3)C2c2ccc(OC)c(OC)c2)cc1. The summed E-state index contributed by atoms with van der Waals surface area (Å²) in [5.74, 6) is -0.344. The van der Waals surface area contributed by atoms with E-state index in [0.717, 1.165) is 21.3 Å². The summed E-state index contributed by atoms with van der Waals surface area (Å²) in [7, 11) is 4.58. The van der Waals surface area contributed by atoms with Gasteiger partial charge in [-0.2, -0.15) is 0 Å². The lowest BCUT2D eigenvalue weighted by atomic mass is 9.95. The van der Waals surface area contributed by atoms with Gasteiger partial charge in [0.25, 0.3) is 5.78 Å². The fourth-order valence-electron chi connectivity index (χ4n) is 4.73. The number of rotatable bonds is 6. The quantitative estimate of drug-likeness (QED) is 0.198. The molecule has 38 heavy (non-hydrogen) atoms. The van der Waals surface area contributed by atoms with Crippen LogP contribution in [0.15, 0.2) is 60.2 Å². The van der Waals surface area contributed by atoms with Crippen LogP contribution in [0.4, 0.5) is 5.13 Å². The third-order valence-corrected chi connectivity index (χ3v) is 7.56. The van der Waals surface area contributed by atoms with Crippen molar-refractivity contribution in [3.8, 4) is 17.2 Å². The molecule has 1 N–H and O–H groups in total. The highest BCUT2D eigenvalue weighted by atomic mass is 32.1. The Kier molecular flexibility index (Phi) is 6.54. The average Bonchev–Trinajstić information content (AvgIpc) is 3.46. The summed E-state index contributed by atoms with van der Waals surface area (Å²) in [5.41, 5.74) is 3.70. The molecule has 2 heterocycles. The maximum absolute atomic E-state index is 13.6. The number of aryl methyl sites for hydroxylation is 2. The number of aliphatic hydroxyl groups is 1. The van der Waals surface area contributed by atoms with Crippen molar-refractivity contribution in [1.82, 2.24) is 4.98 Å². The summed E-state index contributed by atoms with van der Waals surface area (Å²) in [6.45, 7) is 3.96. The van der Waals surface area contributed by atoms with Crippen molar-refractivity contribution in [2.75, 3.05) is 26.2 Å². The lowest BCUT2D eigenvalue weighted by Crippen LogP contribution is -2.29. The third kappa shape index (κ3) is 4.14. The van der Waals surface area contributed by atoms with Gasteiger partial charge < -0.3 is 19.3 Å². The number of ketones is 1. The van der Waals surface area contributed by atoms with Crippen molar-refractivity contribution in [3.05, 3.63) is 82.4 Å². The normalized spacial score (nSPS) is 16.8. The summed E-state index contributed by atoms with van der Waals surface area (Å²) in [6.07, 6.45) is 0. The summed E-state index contributed by atoms with van der Waals surface area (Å²) in [5, 5.41) is 11.7. The molecule has 1 saturated heterocycles. The van der Waals surface area contributed by atoms with Crippen molar-refractivity contribution in [1.29, 1.82) is 0 Å². The third-order valence-electron chi connectivity index (χ3n) is 6.56. The van der Waals surface area contributed by atoms with Gasteiger partial charge in [-0.15, -0.1) is 0 Å². The molecule has 1 atom stereocenters. The molecule has 0 aliphatic carbocycles. The predicted octanol–water partition coefficient (Wildman–Crippen LogP) is 5.57. The van der Waals surface area contributed by atoms with Crippen LogP contribution in [-0.4, -0.2) is 43.1 Å². The molecular weight excluding hydrogens is 504 g/mol. The van der Waals surface area contributed by atoms with Gasteiger partial charge in [-0.25, -0.2) is 4.98 Å². The first kappa shape index (κ1) is 25.3. The van der Waals surface area contributed by atoms with Crippen molar-refractivity contribution >= 4 is 44.1 Å². The van der Waals surface area contributed by atoms with Gasteiger partial charge in [-0.1, -0.05) is 23.5 Å². The van der Waals surface area contributed by atoms with Crippen molar-refractivity contribution < 1.29 is 28.9 Å². The largest absolute Gasteiger partial charge is 0.507 e. The molecule has 1 unspecified atom stereocenters. The number of fused-ring (bicyclic) bond motifs is 1. The van der Waals surface area contributed by atoms with Crippen LogP contribution >= 0.6 is 11.3 Å². The molecule has 1 aliphatic rings. The highest BCUT2D eigenvalue weighted by Gasteiger charge is 2.48. The van der Waals surface area contributed by atoms with Crippen LogP contribution < -0.4 is 19.1 Å². The Morgan fingerprint density at radius 3 is 2.29 bits per heavy atom. The number of carbonyl (C=O) groups is 2. The lowest BCUT2D eigenvalue weighted by Gasteiger charge is -2.23. The van der Waals surface area contributed by atoms with Crippen LogP contribution in [0.5, 0.6) is 17.2 Å². The molecule has 9 heteroatoms. The number of hydrogen-bond donors (Lipinski definition) is 1. The number of nitrogens with zero attached hydrogens (tertiary/aromatic N) is 2. The molecule has 4 aromatic rings. The molecule has 1 aliphatic heterocycles. The standard InChI is InChI=1S/C29H26N2O6S/c1-15-12-16(2)24-22(13-15)38-29(30-24)31-25(18-8-11-20(36-4)21(14-18)37-5)23(27(33)28(31)34)26(32)17-6-9-19(35-3)10-7-17/h6-14,25,32H,1-5H3. The average molecular weight is 531 g/mol. The molecule has 0 saturated carbocycles. The van der Waals surface area contributed by atoms with Gasteiger partial charge in [0, 0.05) is 5.56 Å². The van der Waals surface area contributed by atoms with Gasteiger partial charge in [0.15, 0.2) is 16.6 Å². The summed E-state index contributed by atoms with van der Waals surface area (Å²) < 4.78 is 17.0. The van der Waals surface area contributed by atoms with E-state index in [9.17, 15) is 14.7 Å². The van der Waals surface area contributed by atoms with Crippen LogP contribution in [0.1, 0.15) is 28.3 Å². The van der Waals surface area contributed by atoms with Crippen molar-refractivity contribution in [2.45, 2.75) is 19.9 Å². The van der Waals surface area contributed by atoms with E-state index in [-0.39, 0.29) is 11.3 Å². The van der Waals surface area contributed by atoms with Gasteiger partial charge in [0.2, 0.25) is 0 Å². The van der Waals surface area contributed by atoms with E-state index in [1.807, 2.05) is 26.0 Å². The molecular formula is C29H26N2O6S. The number of amides is 1. The zero-order chi connectivity index (χ0) is 27.1. The first-order valence-corrected chi connectivity index (χ1v) is 12.6. The van der Waals surface area contributed by atoms with Crippen LogP contribution in [0.25, 0.3) is 16.0 Å². The lowest BCUT2D eigenvalue weighted by molar-refractivity contribution is -0.132. The van der Waals surface area contributed by atoms with Gasteiger partial charge in [-0.05, 0) is 73.0 Å². The maximum atomic E-state index is 13.6. The van der Waals surface area contributed by atoms with E-state index in [1.165, 1.54) is 30.5 Å². The van der Waals surface area contributed by atoms with Crippen LogP contribution in [0.2, 0.25) is 0 Å². The molecule has 5 rings (SSSR count). The van der Waals surface area contributed by atoms with E-state index in [0.29, 0.717) is 33.5 Å². The first-order chi connectivity index (χ1) is 18.3. The number of ether oxygens (including phenoxy) is 3. The number of methoxy groups -OCH3 is 3. The highest BCUT2D eigenvalue weighted by Crippen LogP contribution is 2.46. The van der Waals surface area contributed by atoms with E-state index in [2.05, 4.69) is 0 Å². The highest BCUT2D eigenvalue weighted by molar-refractivity contribution is 7.22. The van der Waals surface area contributed by atoms with Gasteiger partial charge in [0.05, 0.1) is 43.2 Å². The summed E-state index contributed by atoms with van der Waals surface area (Å²) in [6, 6.07) is 14.9. The fraction of sp³-hybridized carbons (Fsp3) is 0.207. The van der Waals surface area contributed by atoms with E-state index >= 15 is 0 Å². The molecule has 1 amide bonds. The fourth-order valence-corrected chi connectivity index (χ4v) is 5.90. The number of aliphatic hydroxyl groups excluding tert-OH is 1. The predicted molar refractivity (Wildman–Crippen MR) is 146 cm³/mol. The van der Waals surface area contributed by atoms with Gasteiger partial charge in [-0.3, -0.25) is 14.5 Å². The Bertz CT molecular complexity index is 1610. The molecule has 0 bridgehead atoms. The molecule has 1 aromatic heterocycles. The first-order valence-electron chi connectivity index (χ1n) is 11.8. The van der Waals surface area contributed by atoms with E-state index < -0.39 is 17.7 Å². The van der Waals surface area contributed by atoms with Crippen LogP contribution in [-0.2, 0) is 9.59 Å². The zero-order valence-electron chi connectivity index (χ0n) is 21.6. The van der Waals surface area contributed by atoms with Gasteiger partial charge in [0.1, 0.15) is 11.5 Å². The van der Waals surface area contributed by atoms with Crippen molar-refractivity contribution in [3.63, 3.8) is 0 Å².